The number of nitrogens with one attached hydrogen (secondary N) is 1. The maximum Gasteiger partial charge on any atom is 0.417 e. The zero-order chi connectivity index (χ0) is 26.8. The van der Waals surface area contributed by atoms with Gasteiger partial charge in [-0.05, 0) is 30.3 Å². The van der Waals surface area contributed by atoms with Crippen LogP contribution in [0.1, 0.15) is 35.5 Å². The van der Waals surface area contributed by atoms with Crippen LogP contribution in [0.3, 0.4) is 0 Å². The summed E-state index contributed by atoms with van der Waals surface area (Å²) in [6.07, 6.45) is -1.80. The lowest BCUT2D eigenvalue weighted by molar-refractivity contribution is -0.137. The van der Waals surface area contributed by atoms with E-state index in [-0.39, 0.29) is 33.5 Å². The topological polar surface area (TPSA) is 51.3 Å². The number of carbonyl (C=O) groups excluding carboxylic acids is 1. The van der Waals surface area contributed by atoms with Crippen molar-refractivity contribution in [2.24, 2.45) is 7.05 Å². The van der Waals surface area contributed by atoms with Crippen molar-refractivity contribution in [3.63, 3.8) is 0 Å². The van der Waals surface area contributed by atoms with Crippen molar-refractivity contribution in [3.05, 3.63) is 83.1 Å². The number of carbonyl (C=O) groups is 1. The number of fused-ring (bicyclic) bond motifs is 4. The molecule has 0 unspecified atom stereocenters. The molecular weight excluding hydrogens is 498 g/mol. The molecule has 0 amide bonds. The van der Waals surface area contributed by atoms with Gasteiger partial charge in [0.15, 0.2) is 17.5 Å². The Morgan fingerprint density at radius 3 is 2.35 bits per heavy atom. The number of pyridine rings is 1. The Bertz CT molecular complexity index is 1710. The molecule has 0 fully saturated rings. The SMILES string of the molecule is CC.Cn1ncc2c3c(c(C(F)(F)F)cc21)-c1cccn2c(C(=O)c4cc(F)c(F)c(F)c4)cc(c12)N3. The smallest absolute Gasteiger partial charge is 0.353 e. The number of aryl methyl sites for hydroxylation is 1. The minimum absolute atomic E-state index is 0.0708. The van der Waals surface area contributed by atoms with Crippen LogP contribution in [0.2, 0.25) is 0 Å². The summed E-state index contributed by atoms with van der Waals surface area (Å²) in [6, 6.07) is 6.53. The molecule has 0 saturated carbocycles. The standard InChI is InChI=1S/C24H12F6N4O.C2H6/c1-33-17-7-13(24(28,29)30)19-11-3-2-4-34-18(23(35)10-5-14(25)20(27)15(26)6-10)8-16(22(11)34)32-21(19)12(17)9-31-33;1-2/h2-9,32H,1H3;1-2H3. The van der Waals surface area contributed by atoms with Gasteiger partial charge in [0.05, 0.1) is 39.9 Å². The van der Waals surface area contributed by atoms with E-state index in [1.54, 1.807) is 0 Å². The lowest BCUT2D eigenvalue weighted by Gasteiger charge is -2.24. The average Bonchev–Trinajstić information content (AvgIpc) is 3.43. The molecular formula is C26H18F6N4O. The first-order valence-electron chi connectivity index (χ1n) is 11.2. The molecule has 0 bridgehead atoms. The third-order valence-corrected chi connectivity index (χ3v) is 6.16. The van der Waals surface area contributed by atoms with Crippen LogP contribution in [0, 0.1) is 17.5 Å². The third kappa shape index (κ3) is 3.56. The molecule has 3 aromatic heterocycles. The van der Waals surface area contributed by atoms with Crippen molar-refractivity contribution in [1.82, 2.24) is 14.2 Å². The van der Waals surface area contributed by atoms with Gasteiger partial charge >= 0.3 is 6.18 Å². The molecule has 0 spiro atoms. The van der Waals surface area contributed by atoms with Gasteiger partial charge in [0.2, 0.25) is 5.78 Å². The zero-order valence-electron chi connectivity index (χ0n) is 19.6. The molecule has 11 heteroatoms. The number of ketones is 1. The Morgan fingerprint density at radius 2 is 1.70 bits per heavy atom. The molecule has 2 aromatic carbocycles. The van der Waals surface area contributed by atoms with Crippen molar-refractivity contribution in [1.29, 1.82) is 0 Å². The van der Waals surface area contributed by atoms with E-state index in [2.05, 4.69) is 10.4 Å². The quantitative estimate of drug-likeness (QED) is 0.150. The second-order valence-electron chi connectivity index (χ2n) is 8.16. The van der Waals surface area contributed by atoms with Gasteiger partial charge in [-0.25, -0.2) is 13.2 Å². The Balaban J connectivity index is 0.00000137. The number of benzene rings is 2. The largest absolute Gasteiger partial charge is 0.417 e. The molecule has 37 heavy (non-hydrogen) atoms. The van der Waals surface area contributed by atoms with Crippen molar-refractivity contribution >= 4 is 33.6 Å². The van der Waals surface area contributed by atoms with E-state index in [9.17, 15) is 31.1 Å². The van der Waals surface area contributed by atoms with Crippen LogP contribution >= 0.6 is 0 Å². The van der Waals surface area contributed by atoms with Gasteiger partial charge in [-0.15, -0.1) is 0 Å². The summed E-state index contributed by atoms with van der Waals surface area (Å²) in [6.45, 7) is 4.00. The molecule has 1 aliphatic rings. The lowest BCUT2D eigenvalue weighted by Crippen LogP contribution is -2.12. The Morgan fingerprint density at radius 1 is 1.03 bits per heavy atom. The van der Waals surface area contributed by atoms with Crippen LogP contribution in [0.5, 0.6) is 0 Å². The minimum Gasteiger partial charge on any atom is -0.353 e. The molecule has 0 radical (unpaired) electrons. The summed E-state index contributed by atoms with van der Waals surface area (Å²) in [5.41, 5.74) is -0.259. The second-order valence-corrected chi connectivity index (χ2v) is 8.16. The third-order valence-electron chi connectivity index (χ3n) is 6.16. The van der Waals surface area contributed by atoms with Crippen molar-refractivity contribution in [3.8, 4) is 11.1 Å². The highest BCUT2D eigenvalue weighted by atomic mass is 19.4. The van der Waals surface area contributed by atoms with E-state index in [0.717, 1.165) is 6.07 Å². The fourth-order valence-electron chi connectivity index (χ4n) is 4.62. The molecule has 1 N–H and O–H groups in total. The number of hydrogen-bond acceptors (Lipinski definition) is 3. The van der Waals surface area contributed by atoms with Crippen LogP contribution in [0.15, 0.2) is 48.8 Å². The zero-order valence-corrected chi connectivity index (χ0v) is 19.6. The maximum absolute atomic E-state index is 14.1. The molecule has 5 nitrogen and oxygen atoms in total. The maximum atomic E-state index is 14.1. The predicted molar refractivity (Wildman–Crippen MR) is 126 cm³/mol. The van der Waals surface area contributed by atoms with Gasteiger partial charge in [-0.2, -0.15) is 18.3 Å². The average molecular weight is 516 g/mol. The molecule has 0 atom stereocenters. The van der Waals surface area contributed by atoms with Crippen molar-refractivity contribution in [2.75, 3.05) is 5.32 Å². The highest BCUT2D eigenvalue weighted by Crippen LogP contribution is 2.51. The van der Waals surface area contributed by atoms with Gasteiger partial charge in [0.25, 0.3) is 0 Å². The van der Waals surface area contributed by atoms with E-state index in [1.807, 2.05) is 13.8 Å². The minimum atomic E-state index is -4.69. The summed E-state index contributed by atoms with van der Waals surface area (Å²) in [4.78, 5) is 13.2. The molecule has 5 aromatic rings. The molecule has 1 aliphatic heterocycles. The fourth-order valence-corrected chi connectivity index (χ4v) is 4.62. The van der Waals surface area contributed by atoms with E-state index < -0.39 is 40.5 Å². The highest BCUT2D eigenvalue weighted by molar-refractivity contribution is 6.15. The predicted octanol–water partition coefficient (Wildman–Crippen LogP) is 7.24. The van der Waals surface area contributed by atoms with Crippen LogP contribution in [0.4, 0.5) is 37.7 Å². The van der Waals surface area contributed by atoms with E-state index >= 15 is 0 Å². The number of nitrogens with zero attached hydrogens (tertiary/aromatic N) is 3. The first-order valence-corrected chi connectivity index (χ1v) is 11.2. The summed E-state index contributed by atoms with van der Waals surface area (Å²) in [5.74, 6) is -5.60. The van der Waals surface area contributed by atoms with Crippen LogP contribution in [-0.2, 0) is 13.2 Å². The van der Waals surface area contributed by atoms with Crippen LogP contribution in [-0.4, -0.2) is 20.0 Å². The molecule has 6 rings (SSSR count). The van der Waals surface area contributed by atoms with Gasteiger partial charge in [0.1, 0.15) is 0 Å². The van der Waals surface area contributed by atoms with Crippen LogP contribution < -0.4 is 5.32 Å². The van der Waals surface area contributed by atoms with Crippen molar-refractivity contribution < 1.29 is 31.1 Å². The number of anilines is 2. The Labute approximate surface area is 205 Å². The Hall–Kier alpha value is -4.28. The van der Waals surface area contributed by atoms with Gasteiger partial charge in [-0.1, -0.05) is 19.9 Å². The number of alkyl halides is 3. The summed E-state index contributed by atoms with van der Waals surface area (Å²) in [5, 5.41) is 7.52. The van der Waals surface area contributed by atoms with Crippen molar-refractivity contribution in [2.45, 2.75) is 20.0 Å². The first-order chi connectivity index (χ1) is 17.6. The van der Waals surface area contributed by atoms with E-state index in [1.165, 1.54) is 46.7 Å². The van der Waals surface area contributed by atoms with E-state index in [4.69, 9.17) is 0 Å². The Kier molecular flexibility index (Phi) is 5.54. The molecule has 190 valence electrons. The molecule has 4 heterocycles. The van der Waals surface area contributed by atoms with E-state index in [0.29, 0.717) is 23.2 Å². The number of aromatic nitrogens is 3. The lowest BCUT2D eigenvalue weighted by atomic mass is 9.92. The summed E-state index contributed by atoms with van der Waals surface area (Å²) in [7, 11) is 1.53. The number of halogens is 6. The first kappa shape index (κ1) is 24.4. The highest BCUT2D eigenvalue weighted by Gasteiger charge is 2.39. The fraction of sp³-hybridized carbons (Fsp3) is 0.154. The molecule has 0 aliphatic carbocycles. The van der Waals surface area contributed by atoms with Crippen LogP contribution in [0.25, 0.3) is 27.5 Å². The van der Waals surface area contributed by atoms with Gasteiger partial charge < -0.3 is 9.72 Å². The normalized spacial score (nSPS) is 12.2. The summed E-state index contributed by atoms with van der Waals surface area (Å²) >= 11 is 0. The molecule has 0 saturated heterocycles. The summed E-state index contributed by atoms with van der Waals surface area (Å²) < 4.78 is 86.0. The van der Waals surface area contributed by atoms with Gasteiger partial charge in [0, 0.05) is 35.3 Å². The number of hydrogen-bond donors (Lipinski definition) is 1. The monoisotopic (exact) mass is 516 g/mol. The van der Waals surface area contributed by atoms with Gasteiger partial charge in [-0.3, -0.25) is 9.48 Å². The number of rotatable bonds is 2. The second kappa shape index (κ2) is 8.39.